The number of hydrogen-bond donors (Lipinski definition) is 1. The van der Waals surface area contributed by atoms with Gasteiger partial charge in [0.2, 0.25) is 0 Å². The van der Waals surface area contributed by atoms with Gasteiger partial charge in [-0.05, 0) is 50.3 Å². The van der Waals surface area contributed by atoms with Gasteiger partial charge in [-0.1, -0.05) is 25.5 Å². The van der Waals surface area contributed by atoms with Gasteiger partial charge >= 0.3 is 0 Å². The number of aliphatic hydroxyl groups excluding tert-OH is 1. The molecule has 1 aliphatic rings. The van der Waals surface area contributed by atoms with Gasteiger partial charge in [0.1, 0.15) is 11.5 Å². The summed E-state index contributed by atoms with van der Waals surface area (Å²) in [6.45, 7) is 3.33. The van der Waals surface area contributed by atoms with Crippen molar-refractivity contribution in [3.8, 4) is 5.75 Å². The number of rotatable bonds is 10. The molecule has 9 nitrogen and oxygen atoms in total. The molecule has 1 amide bonds. The number of ether oxygens (including phenoxy) is 1. The van der Waals surface area contributed by atoms with Crippen LogP contribution in [-0.4, -0.2) is 65.3 Å². The lowest BCUT2D eigenvalue weighted by Gasteiger charge is -2.26. The lowest BCUT2D eigenvalue weighted by Crippen LogP contribution is -2.35. The highest BCUT2D eigenvalue weighted by atomic mass is 16.6. The summed E-state index contributed by atoms with van der Waals surface area (Å²) in [7, 11) is 3.67. The highest BCUT2D eigenvalue weighted by Crippen LogP contribution is 2.40. The Bertz CT molecular complexity index is 1090. The maximum Gasteiger partial charge on any atom is 0.295 e. The fourth-order valence-corrected chi connectivity index (χ4v) is 3.77. The first-order valence-corrected chi connectivity index (χ1v) is 11.1. The van der Waals surface area contributed by atoms with Crippen LogP contribution in [0.25, 0.3) is 5.76 Å². The number of nitro groups is 1. The maximum atomic E-state index is 13.0. The van der Waals surface area contributed by atoms with E-state index in [-0.39, 0.29) is 23.6 Å². The summed E-state index contributed by atoms with van der Waals surface area (Å²) in [5.41, 5.74) is 0.477. The first-order valence-electron chi connectivity index (χ1n) is 11.1. The number of carbonyl (C=O) groups excluding carboxylic acids is 2. The molecule has 1 fully saturated rings. The molecular weight excluding hydrogens is 438 g/mol. The molecule has 0 aliphatic carbocycles. The summed E-state index contributed by atoms with van der Waals surface area (Å²) in [5, 5.41) is 22.4. The number of likely N-dealkylation sites (N-methyl/N-ethyl adjacent to an activating group) is 1. The van der Waals surface area contributed by atoms with E-state index in [0.29, 0.717) is 30.0 Å². The number of Topliss-reactive ketones (excluding diaryl/α,β-unsaturated/α-hetero) is 1. The van der Waals surface area contributed by atoms with Crippen LogP contribution in [0, 0.1) is 10.1 Å². The lowest BCUT2D eigenvalue weighted by molar-refractivity contribution is -0.384. The first kappa shape index (κ1) is 24.9. The SMILES string of the molecule is CCCCOc1ccc(/C(O)=C2\C(=O)C(=O)N(CCN(C)C)C2c2cccc([N+](=O)[O-])c2)cc1. The van der Waals surface area contributed by atoms with E-state index in [2.05, 4.69) is 6.92 Å². The Morgan fingerprint density at radius 2 is 1.88 bits per heavy atom. The smallest absolute Gasteiger partial charge is 0.295 e. The molecule has 2 aromatic rings. The molecule has 1 atom stereocenters. The van der Waals surface area contributed by atoms with Gasteiger partial charge in [-0.15, -0.1) is 0 Å². The Kier molecular flexibility index (Phi) is 8.01. The van der Waals surface area contributed by atoms with Crippen LogP contribution in [0.3, 0.4) is 0 Å². The number of likely N-dealkylation sites (tertiary alicyclic amines) is 1. The van der Waals surface area contributed by atoms with Crippen molar-refractivity contribution >= 4 is 23.1 Å². The molecule has 1 saturated heterocycles. The molecule has 0 spiro atoms. The van der Waals surface area contributed by atoms with E-state index < -0.39 is 22.7 Å². The van der Waals surface area contributed by atoms with E-state index in [0.717, 1.165) is 12.8 Å². The number of ketones is 1. The molecule has 0 saturated carbocycles. The Morgan fingerprint density at radius 1 is 1.18 bits per heavy atom. The molecule has 1 N–H and O–H groups in total. The van der Waals surface area contributed by atoms with Crippen molar-refractivity contribution in [2.75, 3.05) is 33.8 Å². The van der Waals surface area contributed by atoms with Crippen molar-refractivity contribution in [2.24, 2.45) is 0 Å². The summed E-state index contributed by atoms with van der Waals surface area (Å²) in [5.74, 6) is -1.27. The molecule has 1 aliphatic heterocycles. The summed E-state index contributed by atoms with van der Waals surface area (Å²) >= 11 is 0. The Morgan fingerprint density at radius 3 is 2.50 bits per heavy atom. The van der Waals surface area contributed by atoms with Crippen LogP contribution in [0.15, 0.2) is 54.1 Å². The summed E-state index contributed by atoms with van der Waals surface area (Å²) in [4.78, 5) is 40.0. The van der Waals surface area contributed by atoms with Gasteiger partial charge in [0.05, 0.1) is 23.1 Å². The van der Waals surface area contributed by atoms with Gasteiger partial charge in [-0.3, -0.25) is 19.7 Å². The molecule has 180 valence electrons. The third-order valence-corrected chi connectivity index (χ3v) is 5.62. The van der Waals surface area contributed by atoms with E-state index in [1.807, 2.05) is 19.0 Å². The Labute approximate surface area is 198 Å². The minimum absolute atomic E-state index is 0.0936. The highest BCUT2D eigenvalue weighted by Gasteiger charge is 2.46. The van der Waals surface area contributed by atoms with Crippen LogP contribution in [0.2, 0.25) is 0 Å². The predicted octanol–water partition coefficient (Wildman–Crippen LogP) is 3.76. The quantitative estimate of drug-likeness (QED) is 0.141. The molecule has 34 heavy (non-hydrogen) atoms. The van der Waals surface area contributed by atoms with E-state index in [1.54, 1.807) is 30.3 Å². The fourth-order valence-electron chi connectivity index (χ4n) is 3.77. The number of carbonyl (C=O) groups is 2. The third-order valence-electron chi connectivity index (χ3n) is 5.62. The van der Waals surface area contributed by atoms with Crippen LogP contribution in [0.4, 0.5) is 5.69 Å². The number of unbranched alkanes of at least 4 members (excludes halogenated alkanes) is 1. The average Bonchev–Trinajstić information content (AvgIpc) is 3.07. The van der Waals surface area contributed by atoms with E-state index in [9.17, 15) is 24.8 Å². The second kappa shape index (κ2) is 10.9. The third kappa shape index (κ3) is 5.43. The molecule has 3 rings (SSSR count). The molecule has 0 aromatic heterocycles. The second-order valence-electron chi connectivity index (χ2n) is 8.37. The van der Waals surface area contributed by atoms with Gasteiger partial charge in [0, 0.05) is 30.8 Å². The van der Waals surface area contributed by atoms with E-state index >= 15 is 0 Å². The van der Waals surface area contributed by atoms with Gasteiger partial charge in [-0.2, -0.15) is 0 Å². The first-order chi connectivity index (χ1) is 16.2. The Hall–Kier alpha value is -3.72. The van der Waals surface area contributed by atoms with Gasteiger partial charge in [0.25, 0.3) is 17.4 Å². The molecule has 0 radical (unpaired) electrons. The monoisotopic (exact) mass is 467 g/mol. The molecule has 0 bridgehead atoms. The van der Waals surface area contributed by atoms with Gasteiger partial charge < -0.3 is 19.6 Å². The maximum absolute atomic E-state index is 13.0. The number of non-ortho nitro benzene ring substituents is 1. The highest BCUT2D eigenvalue weighted by molar-refractivity contribution is 6.46. The van der Waals surface area contributed by atoms with Crippen molar-refractivity contribution in [1.29, 1.82) is 0 Å². The van der Waals surface area contributed by atoms with Crippen LogP contribution in [0.1, 0.15) is 36.9 Å². The van der Waals surface area contributed by atoms with Crippen molar-refractivity contribution in [2.45, 2.75) is 25.8 Å². The summed E-state index contributed by atoms with van der Waals surface area (Å²) in [6.07, 6.45) is 1.92. The van der Waals surface area contributed by atoms with Crippen LogP contribution >= 0.6 is 0 Å². The zero-order valence-corrected chi connectivity index (χ0v) is 19.6. The van der Waals surface area contributed by atoms with Crippen LogP contribution in [0.5, 0.6) is 5.75 Å². The summed E-state index contributed by atoms with van der Waals surface area (Å²) in [6, 6.07) is 11.5. The van der Waals surface area contributed by atoms with Gasteiger partial charge in [0.15, 0.2) is 0 Å². The van der Waals surface area contributed by atoms with Crippen LogP contribution < -0.4 is 4.74 Å². The minimum atomic E-state index is -0.944. The predicted molar refractivity (Wildman–Crippen MR) is 128 cm³/mol. The van der Waals surface area contributed by atoms with Crippen LogP contribution in [-0.2, 0) is 9.59 Å². The number of aliphatic hydroxyl groups is 1. The molecule has 9 heteroatoms. The molecule has 1 unspecified atom stereocenters. The van der Waals surface area contributed by atoms with E-state index in [1.165, 1.54) is 23.1 Å². The van der Waals surface area contributed by atoms with Crippen molar-refractivity contribution in [1.82, 2.24) is 9.80 Å². The molecule has 1 heterocycles. The minimum Gasteiger partial charge on any atom is -0.507 e. The summed E-state index contributed by atoms with van der Waals surface area (Å²) < 4.78 is 5.65. The van der Waals surface area contributed by atoms with Gasteiger partial charge in [-0.25, -0.2) is 0 Å². The number of nitrogens with zero attached hydrogens (tertiary/aromatic N) is 3. The Balaban J connectivity index is 2.05. The number of hydrogen-bond acceptors (Lipinski definition) is 7. The standard InChI is InChI=1S/C25H29N3O6/c1-4-5-15-34-20-11-9-17(10-12-20)23(29)21-22(18-7-6-8-19(16-18)28(32)33)27(14-13-26(2)3)25(31)24(21)30/h6-12,16,22,29H,4-5,13-15H2,1-3H3/b23-21+. The average molecular weight is 468 g/mol. The largest absolute Gasteiger partial charge is 0.507 e. The molecule has 2 aromatic carbocycles. The van der Waals surface area contributed by atoms with Crippen molar-refractivity contribution in [3.05, 3.63) is 75.3 Å². The van der Waals surface area contributed by atoms with Crippen molar-refractivity contribution in [3.63, 3.8) is 0 Å². The topological polar surface area (TPSA) is 113 Å². The normalized spacial score (nSPS) is 17.4. The lowest BCUT2D eigenvalue weighted by atomic mass is 9.95. The van der Waals surface area contributed by atoms with Crippen molar-refractivity contribution < 1.29 is 24.4 Å². The fraction of sp³-hybridized carbons (Fsp3) is 0.360. The second-order valence-corrected chi connectivity index (χ2v) is 8.37. The number of nitro benzene ring substituents is 1. The number of benzene rings is 2. The number of amides is 1. The molecular formula is C25H29N3O6. The van der Waals surface area contributed by atoms with E-state index in [4.69, 9.17) is 4.74 Å². The zero-order valence-electron chi connectivity index (χ0n) is 19.6. The zero-order chi connectivity index (χ0) is 24.8.